The molecule has 1 rings (SSSR count). The number of rotatable bonds is 8. The lowest BCUT2D eigenvalue weighted by atomic mass is 10.1. The highest BCUT2D eigenvalue weighted by Crippen LogP contribution is 2.27. The van der Waals surface area contributed by atoms with Crippen LogP contribution in [-0.4, -0.2) is 42.7 Å². The number of pyridine rings is 1. The molecule has 1 N–H and O–H groups in total. The zero-order chi connectivity index (χ0) is 18.9. The Hall–Kier alpha value is -2.82. The molecule has 0 atom stereocenters. The first-order valence-corrected chi connectivity index (χ1v) is 7.81. The van der Waals surface area contributed by atoms with Crippen LogP contribution in [0.3, 0.4) is 0 Å². The smallest absolute Gasteiger partial charge is 0.407 e. The van der Waals surface area contributed by atoms with E-state index in [0.717, 1.165) is 0 Å². The van der Waals surface area contributed by atoms with Crippen LogP contribution in [0.25, 0.3) is 0 Å². The van der Waals surface area contributed by atoms with Gasteiger partial charge in [-0.2, -0.15) is 5.26 Å². The number of carbonyl (C=O) groups is 2. The summed E-state index contributed by atoms with van der Waals surface area (Å²) in [5.41, 5.74) is -0.409. The highest BCUT2D eigenvalue weighted by molar-refractivity contribution is 6.01. The van der Waals surface area contributed by atoms with Crippen LogP contribution in [0.4, 0.5) is 4.79 Å². The third-order valence-electron chi connectivity index (χ3n) is 2.84. The monoisotopic (exact) mass is 349 g/mol. The number of amides is 1. The molecule has 0 bridgehead atoms. The van der Waals surface area contributed by atoms with E-state index in [9.17, 15) is 9.59 Å². The van der Waals surface area contributed by atoms with Gasteiger partial charge in [-0.3, -0.25) is 4.79 Å². The standard InChI is InChI=1S/C17H23N3O5/c1-17(2,3)25-16(22)20-9-5-11-24-15-14(12(21)6-8-18)13(23-4)7-10-19-15/h7,10H,5-6,9,11H2,1-4H3,(H,20,22). The lowest BCUT2D eigenvalue weighted by Crippen LogP contribution is -2.33. The van der Waals surface area contributed by atoms with Gasteiger partial charge in [0.1, 0.15) is 16.9 Å². The number of Topliss-reactive ketones (excluding diaryl/α,β-unsaturated/α-hetero) is 1. The summed E-state index contributed by atoms with van der Waals surface area (Å²) in [6.45, 7) is 5.92. The number of carbonyl (C=O) groups excluding carboxylic acids is 2. The molecular weight excluding hydrogens is 326 g/mol. The molecule has 8 nitrogen and oxygen atoms in total. The van der Waals surface area contributed by atoms with Crippen LogP contribution in [0.15, 0.2) is 12.3 Å². The van der Waals surface area contributed by atoms with Gasteiger partial charge in [0.05, 0.1) is 26.2 Å². The van der Waals surface area contributed by atoms with Crippen molar-refractivity contribution in [3.63, 3.8) is 0 Å². The number of nitriles is 1. The molecule has 0 fully saturated rings. The van der Waals surface area contributed by atoms with Gasteiger partial charge < -0.3 is 19.5 Å². The molecule has 0 spiro atoms. The molecule has 0 saturated carbocycles. The van der Waals surface area contributed by atoms with E-state index in [2.05, 4.69) is 10.3 Å². The second-order valence-electron chi connectivity index (χ2n) is 6.08. The molecular formula is C17H23N3O5. The van der Waals surface area contributed by atoms with Crippen molar-refractivity contribution in [2.45, 2.75) is 39.2 Å². The molecule has 0 aliphatic carbocycles. The Morgan fingerprint density at radius 2 is 2.08 bits per heavy atom. The molecule has 1 amide bonds. The Morgan fingerprint density at radius 1 is 1.36 bits per heavy atom. The SMILES string of the molecule is COc1ccnc(OCCCNC(=O)OC(C)(C)C)c1C(=O)CC#N. The van der Waals surface area contributed by atoms with Gasteiger partial charge in [-0.1, -0.05) is 0 Å². The summed E-state index contributed by atoms with van der Waals surface area (Å²) in [7, 11) is 1.42. The van der Waals surface area contributed by atoms with Gasteiger partial charge in [0.2, 0.25) is 5.88 Å². The number of nitrogens with one attached hydrogen (secondary N) is 1. The average molecular weight is 349 g/mol. The predicted molar refractivity (Wildman–Crippen MR) is 89.7 cm³/mol. The molecule has 1 heterocycles. The van der Waals surface area contributed by atoms with E-state index in [1.807, 2.05) is 0 Å². The van der Waals surface area contributed by atoms with E-state index in [4.69, 9.17) is 19.5 Å². The largest absolute Gasteiger partial charge is 0.496 e. The molecule has 136 valence electrons. The van der Waals surface area contributed by atoms with Crippen molar-refractivity contribution in [1.29, 1.82) is 5.26 Å². The molecule has 0 aromatic carbocycles. The number of nitrogens with zero attached hydrogens (tertiary/aromatic N) is 2. The quantitative estimate of drug-likeness (QED) is 0.567. The summed E-state index contributed by atoms with van der Waals surface area (Å²) in [5.74, 6) is -0.0108. The van der Waals surface area contributed by atoms with Gasteiger partial charge in [0.15, 0.2) is 5.78 Å². The topological polar surface area (TPSA) is 111 Å². The van der Waals surface area contributed by atoms with Crippen LogP contribution in [0.1, 0.15) is 44.0 Å². The molecule has 0 aliphatic rings. The number of methoxy groups -OCH3 is 1. The predicted octanol–water partition coefficient (Wildman–Crippen LogP) is 2.48. The van der Waals surface area contributed by atoms with E-state index in [1.165, 1.54) is 19.4 Å². The highest BCUT2D eigenvalue weighted by Gasteiger charge is 2.20. The molecule has 1 aromatic rings. The maximum absolute atomic E-state index is 12.1. The number of ketones is 1. The van der Waals surface area contributed by atoms with Crippen molar-refractivity contribution in [1.82, 2.24) is 10.3 Å². The van der Waals surface area contributed by atoms with Crippen LogP contribution >= 0.6 is 0 Å². The lowest BCUT2D eigenvalue weighted by molar-refractivity contribution is 0.0525. The van der Waals surface area contributed by atoms with E-state index in [-0.39, 0.29) is 24.5 Å². The summed E-state index contributed by atoms with van der Waals surface area (Å²) in [6.07, 6.45) is 1.15. The van der Waals surface area contributed by atoms with Gasteiger partial charge in [0.25, 0.3) is 0 Å². The van der Waals surface area contributed by atoms with E-state index in [1.54, 1.807) is 26.8 Å². The maximum Gasteiger partial charge on any atom is 0.407 e. The Kier molecular flexibility index (Phi) is 7.66. The highest BCUT2D eigenvalue weighted by atomic mass is 16.6. The second kappa shape index (κ2) is 9.47. The zero-order valence-corrected chi connectivity index (χ0v) is 14.9. The summed E-state index contributed by atoms with van der Waals surface area (Å²) in [6, 6.07) is 3.33. The van der Waals surface area contributed by atoms with Crippen molar-refractivity contribution >= 4 is 11.9 Å². The maximum atomic E-state index is 12.1. The molecule has 25 heavy (non-hydrogen) atoms. The first kappa shape index (κ1) is 20.2. The van der Waals surface area contributed by atoms with Gasteiger partial charge in [-0.15, -0.1) is 0 Å². The number of alkyl carbamates (subject to hydrolysis) is 1. The fraction of sp³-hybridized carbons (Fsp3) is 0.529. The van der Waals surface area contributed by atoms with Crippen molar-refractivity contribution in [3.8, 4) is 17.7 Å². The van der Waals surface area contributed by atoms with Crippen molar-refractivity contribution in [2.75, 3.05) is 20.3 Å². The Morgan fingerprint density at radius 3 is 2.68 bits per heavy atom. The minimum Gasteiger partial charge on any atom is -0.496 e. The van der Waals surface area contributed by atoms with Crippen molar-refractivity contribution in [2.24, 2.45) is 0 Å². The first-order chi connectivity index (χ1) is 11.8. The van der Waals surface area contributed by atoms with E-state index < -0.39 is 17.5 Å². The first-order valence-electron chi connectivity index (χ1n) is 7.81. The molecule has 0 radical (unpaired) electrons. The summed E-state index contributed by atoms with van der Waals surface area (Å²) >= 11 is 0. The second-order valence-corrected chi connectivity index (χ2v) is 6.08. The van der Waals surface area contributed by atoms with Gasteiger partial charge in [-0.05, 0) is 33.3 Å². The Labute approximate surface area is 147 Å². The zero-order valence-electron chi connectivity index (χ0n) is 14.9. The third kappa shape index (κ3) is 7.08. The minimum absolute atomic E-state index is 0.108. The minimum atomic E-state index is -0.554. The van der Waals surface area contributed by atoms with Crippen LogP contribution < -0.4 is 14.8 Å². The Balaban J connectivity index is 2.56. The van der Waals surface area contributed by atoms with Gasteiger partial charge >= 0.3 is 6.09 Å². The number of hydrogen-bond acceptors (Lipinski definition) is 7. The summed E-state index contributed by atoms with van der Waals surface area (Å²) in [5, 5.41) is 11.3. The third-order valence-corrected chi connectivity index (χ3v) is 2.84. The van der Waals surface area contributed by atoms with Crippen LogP contribution in [0, 0.1) is 11.3 Å². The normalized spacial score (nSPS) is 10.5. The molecule has 0 saturated heterocycles. The molecule has 1 aromatic heterocycles. The average Bonchev–Trinajstić information content (AvgIpc) is 2.52. The lowest BCUT2D eigenvalue weighted by Gasteiger charge is -2.19. The molecule has 0 unspecified atom stereocenters. The van der Waals surface area contributed by atoms with Gasteiger partial charge in [-0.25, -0.2) is 9.78 Å². The number of aromatic nitrogens is 1. The number of hydrogen-bond donors (Lipinski definition) is 1. The fourth-order valence-corrected chi connectivity index (χ4v) is 1.87. The Bertz CT molecular complexity index is 647. The van der Waals surface area contributed by atoms with Crippen LogP contribution in [-0.2, 0) is 4.74 Å². The summed E-state index contributed by atoms with van der Waals surface area (Å²) < 4.78 is 15.8. The van der Waals surface area contributed by atoms with Crippen LogP contribution in [0.5, 0.6) is 11.6 Å². The summed E-state index contributed by atoms with van der Waals surface area (Å²) in [4.78, 5) is 27.6. The van der Waals surface area contributed by atoms with E-state index >= 15 is 0 Å². The van der Waals surface area contributed by atoms with Crippen molar-refractivity contribution in [3.05, 3.63) is 17.8 Å². The number of ether oxygens (including phenoxy) is 3. The fourth-order valence-electron chi connectivity index (χ4n) is 1.87. The van der Waals surface area contributed by atoms with Crippen molar-refractivity contribution < 1.29 is 23.8 Å². The van der Waals surface area contributed by atoms with Crippen LogP contribution in [0.2, 0.25) is 0 Å². The molecule has 0 aliphatic heterocycles. The molecule has 8 heteroatoms. The van der Waals surface area contributed by atoms with Gasteiger partial charge in [0, 0.05) is 12.7 Å². The van der Waals surface area contributed by atoms with E-state index in [0.29, 0.717) is 18.7 Å².